The predicted octanol–water partition coefficient (Wildman–Crippen LogP) is 7.07. The number of carbonyl (C=O) groups excluding carboxylic acids is 1. The number of nitrogens with one attached hydrogen (secondary N) is 1. The van der Waals surface area contributed by atoms with E-state index in [0.717, 1.165) is 25.8 Å². The van der Waals surface area contributed by atoms with Crippen LogP contribution in [0.3, 0.4) is 0 Å². The van der Waals surface area contributed by atoms with E-state index in [1.807, 2.05) is 12.1 Å². The number of rotatable bonds is 20. The van der Waals surface area contributed by atoms with Gasteiger partial charge in [0.1, 0.15) is 18.0 Å². The molecule has 0 radical (unpaired) electrons. The lowest BCUT2D eigenvalue weighted by Crippen LogP contribution is -2.34. The Morgan fingerprint density at radius 1 is 0.917 bits per heavy atom. The lowest BCUT2D eigenvalue weighted by atomic mass is 10.1. The molecule has 0 saturated carbocycles. The van der Waals surface area contributed by atoms with E-state index >= 15 is 0 Å². The number of aryl methyl sites for hydroxylation is 1. The monoisotopic (exact) mass is 517 g/mol. The molecule has 1 aromatic carbocycles. The lowest BCUT2D eigenvalue weighted by Gasteiger charge is -2.11. The number of halogens is 1. The summed E-state index contributed by atoms with van der Waals surface area (Å²) in [6.45, 7) is 6.62. The molecule has 1 aromatic heterocycles. The number of hydrogen-bond acceptors (Lipinski definition) is 3. The maximum atomic E-state index is 12.2. The number of nitrogens with zero attached hydrogens (tertiary/aromatic N) is 1. The van der Waals surface area contributed by atoms with Crippen molar-refractivity contribution >= 4 is 17.5 Å². The third-order valence-electron chi connectivity index (χ3n) is 6.17. The molecule has 0 aliphatic heterocycles. The summed E-state index contributed by atoms with van der Waals surface area (Å²) in [5.41, 5.74) is 1.20. The normalized spacial score (nSPS) is 10.9. The topological polar surface area (TPSA) is 51.4 Å². The average molecular weight is 518 g/mol. The summed E-state index contributed by atoms with van der Waals surface area (Å²) in [6.07, 6.45) is 19.1. The molecule has 0 spiro atoms. The van der Waals surface area contributed by atoms with Gasteiger partial charge in [0.2, 0.25) is 0 Å². The fourth-order valence-electron chi connectivity index (χ4n) is 4.13. The highest BCUT2D eigenvalue weighted by Gasteiger charge is 2.08. The first-order valence-corrected chi connectivity index (χ1v) is 14.3. The van der Waals surface area contributed by atoms with Crippen molar-refractivity contribution in [3.05, 3.63) is 53.3 Å². The van der Waals surface area contributed by atoms with Crippen LogP contribution in [0.25, 0.3) is 0 Å². The summed E-state index contributed by atoms with van der Waals surface area (Å²) in [4.78, 5) is 12.2. The van der Waals surface area contributed by atoms with Crippen LogP contribution in [0.1, 0.15) is 90.0 Å². The van der Waals surface area contributed by atoms with Crippen molar-refractivity contribution in [2.24, 2.45) is 0 Å². The van der Waals surface area contributed by atoms with Gasteiger partial charge in [-0.25, -0.2) is 4.57 Å². The van der Waals surface area contributed by atoms with Gasteiger partial charge in [-0.15, -0.1) is 0 Å². The summed E-state index contributed by atoms with van der Waals surface area (Å²) < 4.78 is 13.6. The standard InChI is InChI=1S/C30H45ClN2O3/c1-3-5-6-7-8-9-10-11-12-13-22-35-29-17-16-27(23-28(29)31)36-25-30(34)32-19-18-26-15-14-21-33(24-26)20-4-2/h14-17,21,23-24H,3-13,18-20,22,25H2,1-2H3/p+1. The number of unbranched alkanes of at least 4 members (excludes halogenated alkanes) is 9. The molecule has 0 bridgehead atoms. The zero-order chi connectivity index (χ0) is 25.8. The van der Waals surface area contributed by atoms with Gasteiger partial charge in [-0.2, -0.15) is 0 Å². The number of ether oxygens (including phenoxy) is 2. The average Bonchev–Trinajstić information content (AvgIpc) is 2.87. The minimum Gasteiger partial charge on any atom is -0.492 e. The first kappa shape index (κ1) is 30.0. The minimum absolute atomic E-state index is 0.0419. The summed E-state index contributed by atoms with van der Waals surface area (Å²) >= 11 is 6.36. The Labute approximate surface area is 223 Å². The number of aromatic nitrogens is 1. The van der Waals surface area contributed by atoms with E-state index in [1.54, 1.807) is 12.1 Å². The number of benzene rings is 1. The third-order valence-corrected chi connectivity index (χ3v) is 6.46. The van der Waals surface area contributed by atoms with E-state index in [4.69, 9.17) is 21.1 Å². The highest BCUT2D eigenvalue weighted by molar-refractivity contribution is 6.32. The Balaban J connectivity index is 1.56. The molecule has 0 aliphatic rings. The van der Waals surface area contributed by atoms with Gasteiger partial charge in [-0.3, -0.25) is 4.79 Å². The molecule has 0 atom stereocenters. The van der Waals surface area contributed by atoms with Gasteiger partial charge in [0.15, 0.2) is 19.0 Å². The Kier molecular flexibility index (Phi) is 15.7. The predicted molar refractivity (Wildman–Crippen MR) is 148 cm³/mol. The second-order valence-electron chi connectivity index (χ2n) is 9.46. The van der Waals surface area contributed by atoms with E-state index in [-0.39, 0.29) is 12.5 Å². The van der Waals surface area contributed by atoms with Crippen LogP contribution >= 0.6 is 11.6 Å². The fourth-order valence-corrected chi connectivity index (χ4v) is 4.35. The Bertz CT molecular complexity index is 875. The molecular weight excluding hydrogens is 472 g/mol. The van der Waals surface area contributed by atoms with Gasteiger partial charge >= 0.3 is 0 Å². The van der Waals surface area contributed by atoms with E-state index < -0.39 is 0 Å². The maximum absolute atomic E-state index is 12.2. The van der Waals surface area contributed by atoms with Crippen molar-refractivity contribution in [3.8, 4) is 11.5 Å². The highest BCUT2D eigenvalue weighted by Crippen LogP contribution is 2.29. The second kappa shape index (κ2) is 18.9. The van der Waals surface area contributed by atoms with Crippen LogP contribution in [0, 0.1) is 0 Å². The van der Waals surface area contributed by atoms with Crippen LogP contribution < -0.4 is 19.4 Å². The minimum atomic E-state index is -0.148. The Morgan fingerprint density at radius 2 is 1.64 bits per heavy atom. The molecule has 5 nitrogen and oxygen atoms in total. The van der Waals surface area contributed by atoms with Crippen molar-refractivity contribution < 1.29 is 18.8 Å². The van der Waals surface area contributed by atoms with Crippen molar-refractivity contribution in [2.75, 3.05) is 19.8 Å². The Hall–Kier alpha value is -2.27. The molecule has 1 heterocycles. The van der Waals surface area contributed by atoms with Gasteiger partial charge in [0.05, 0.1) is 11.6 Å². The summed E-state index contributed by atoms with van der Waals surface area (Å²) in [5, 5.41) is 3.42. The number of carbonyl (C=O) groups is 1. The first-order chi connectivity index (χ1) is 17.6. The summed E-state index contributed by atoms with van der Waals surface area (Å²) in [6, 6.07) is 9.44. The van der Waals surface area contributed by atoms with Crippen molar-refractivity contribution in [1.29, 1.82) is 0 Å². The number of hydrogen-bond donors (Lipinski definition) is 1. The molecule has 1 N–H and O–H groups in total. The van der Waals surface area contributed by atoms with Crippen LogP contribution in [0.15, 0.2) is 42.7 Å². The Morgan fingerprint density at radius 3 is 2.33 bits per heavy atom. The highest BCUT2D eigenvalue weighted by atomic mass is 35.5. The van der Waals surface area contributed by atoms with E-state index in [2.05, 4.69) is 42.2 Å². The first-order valence-electron chi connectivity index (χ1n) is 13.9. The van der Waals surface area contributed by atoms with E-state index in [9.17, 15) is 4.79 Å². The number of pyridine rings is 1. The zero-order valence-corrected chi connectivity index (χ0v) is 23.2. The van der Waals surface area contributed by atoms with Crippen molar-refractivity contribution in [3.63, 3.8) is 0 Å². The third kappa shape index (κ3) is 13.2. The maximum Gasteiger partial charge on any atom is 0.257 e. The van der Waals surface area contributed by atoms with Crippen molar-refractivity contribution in [2.45, 2.75) is 97.4 Å². The summed E-state index contributed by atoms with van der Waals surface area (Å²) in [7, 11) is 0. The van der Waals surface area contributed by atoms with Crippen LogP contribution in [0.2, 0.25) is 5.02 Å². The van der Waals surface area contributed by atoms with Crippen molar-refractivity contribution in [1.82, 2.24) is 5.32 Å². The molecule has 0 unspecified atom stereocenters. The van der Waals surface area contributed by atoms with Crippen LogP contribution in [0.5, 0.6) is 11.5 Å². The quantitative estimate of drug-likeness (QED) is 0.151. The summed E-state index contributed by atoms with van der Waals surface area (Å²) in [5.74, 6) is 1.07. The molecule has 36 heavy (non-hydrogen) atoms. The van der Waals surface area contributed by atoms with Gasteiger partial charge in [-0.1, -0.05) is 83.2 Å². The SMILES string of the molecule is CCCCCCCCCCCCOc1ccc(OCC(=O)NCCc2ccc[n+](CCC)c2)cc1Cl. The molecule has 0 saturated heterocycles. The number of amides is 1. The molecular formula is C30H46ClN2O3+. The molecule has 2 rings (SSSR count). The van der Waals surface area contributed by atoms with Gasteiger partial charge in [0.25, 0.3) is 5.91 Å². The molecule has 6 heteroatoms. The van der Waals surface area contributed by atoms with E-state index in [1.165, 1.54) is 63.4 Å². The smallest absolute Gasteiger partial charge is 0.257 e. The second-order valence-corrected chi connectivity index (χ2v) is 9.87. The van der Waals surface area contributed by atoms with Crippen LogP contribution in [0.4, 0.5) is 0 Å². The fraction of sp³-hybridized carbons (Fsp3) is 0.600. The molecule has 200 valence electrons. The molecule has 0 aliphatic carbocycles. The molecule has 0 fully saturated rings. The molecule has 1 amide bonds. The zero-order valence-electron chi connectivity index (χ0n) is 22.4. The lowest BCUT2D eigenvalue weighted by molar-refractivity contribution is -0.697. The van der Waals surface area contributed by atoms with Crippen LogP contribution in [-0.2, 0) is 17.8 Å². The largest absolute Gasteiger partial charge is 0.492 e. The van der Waals surface area contributed by atoms with Gasteiger partial charge in [-0.05, 0) is 31.0 Å². The molecule has 2 aromatic rings. The van der Waals surface area contributed by atoms with Gasteiger partial charge < -0.3 is 14.8 Å². The van der Waals surface area contributed by atoms with E-state index in [0.29, 0.717) is 29.7 Å². The van der Waals surface area contributed by atoms with Gasteiger partial charge in [0, 0.05) is 30.7 Å². The van der Waals surface area contributed by atoms with Crippen LogP contribution in [-0.4, -0.2) is 25.7 Å².